The molecule has 1 amide bonds. The molecule has 2 N–H and O–H groups in total. The number of amides is 1. The number of ether oxygens (including phenoxy) is 2. The van der Waals surface area contributed by atoms with Gasteiger partial charge in [0.2, 0.25) is 12.4 Å². The van der Waals surface area contributed by atoms with Crippen molar-refractivity contribution in [2.75, 3.05) is 6.79 Å². The van der Waals surface area contributed by atoms with E-state index in [2.05, 4.69) is 10.3 Å². The molecule has 2 aromatic rings. The molecule has 0 bridgehead atoms. The van der Waals surface area contributed by atoms with Crippen LogP contribution in [0.25, 0.3) is 0 Å². The zero-order valence-corrected chi connectivity index (χ0v) is 10.5. The van der Waals surface area contributed by atoms with Crippen LogP contribution in [0.5, 0.6) is 11.5 Å². The van der Waals surface area contributed by atoms with Crippen LogP contribution in [0, 0.1) is 0 Å². The molecule has 0 radical (unpaired) electrons. The molecule has 20 heavy (non-hydrogen) atoms. The van der Waals surface area contributed by atoms with E-state index in [1.165, 1.54) is 12.3 Å². The third-order valence-corrected chi connectivity index (χ3v) is 2.95. The van der Waals surface area contributed by atoms with Gasteiger partial charge in [-0.05, 0) is 12.1 Å². The number of carbonyl (C=O) groups is 1. The average molecular weight is 272 g/mol. The monoisotopic (exact) mass is 272 g/mol. The lowest BCUT2D eigenvalue weighted by molar-refractivity contribution is 0.0950. The molecule has 1 aromatic heterocycles. The first kappa shape index (κ1) is 12.3. The van der Waals surface area contributed by atoms with Crippen LogP contribution in [0.2, 0.25) is 0 Å². The predicted octanol–water partition coefficient (Wildman–Crippen LogP) is 1.03. The summed E-state index contributed by atoms with van der Waals surface area (Å²) < 4.78 is 10.6. The van der Waals surface area contributed by atoms with Crippen LogP contribution >= 0.6 is 0 Å². The van der Waals surface area contributed by atoms with Crippen LogP contribution in [0.4, 0.5) is 0 Å². The van der Waals surface area contributed by atoms with E-state index in [1.54, 1.807) is 6.07 Å². The topological polar surface area (TPSA) is 80.4 Å². The number of nitrogens with one attached hydrogen (secondary N) is 2. The first-order valence-electron chi connectivity index (χ1n) is 6.08. The lowest BCUT2D eigenvalue weighted by Crippen LogP contribution is -2.24. The van der Waals surface area contributed by atoms with Crippen molar-refractivity contribution >= 4 is 5.91 Å². The fourth-order valence-corrected chi connectivity index (χ4v) is 1.99. The SMILES string of the molecule is O=C(NCc1cccc2c1OCO2)c1cc[nH]c(=O)c1. The van der Waals surface area contributed by atoms with Gasteiger partial charge in [-0.3, -0.25) is 9.59 Å². The van der Waals surface area contributed by atoms with Crippen molar-refractivity contribution in [3.05, 3.63) is 58.0 Å². The molecule has 1 aromatic carbocycles. The van der Waals surface area contributed by atoms with Gasteiger partial charge in [0.05, 0.1) is 0 Å². The summed E-state index contributed by atoms with van der Waals surface area (Å²) in [7, 11) is 0. The highest BCUT2D eigenvalue weighted by Gasteiger charge is 2.17. The Morgan fingerprint density at radius 2 is 2.20 bits per heavy atom. The number of H-pyrrole nitrogens is 1. The number of rotatable bonds is 3. The third-order valence-electron chi connectivity index (χ3n) is 2.95. The molecule has 1 aliphatic heterocycles. The van der Waals surface area contributed by atoms with Crippen LogP contribution < -0.4 is 20.3 Å². The zero-order valence-electron chi connectivity index (χ0n) is 10.5. The largest absolute Gasteiger partial charge is 0.454 e. The molecule has 1 aliphatic rings. The smallest absolute Gasteiger partial charge is 0.251 e. The number of hydrogen-bond donors (Lipinski definition) is 2. The maximum absolute atomic E-state index is 11.9. The summed E-state index contributed by atoms with van der Waals surface area (Å²) in [6, 6.07) is 8.30. The van der Waals surface area contributed by atoms with Crippen molar-refractivity contribution < 1.29 is 14.3 Å². The van der Waals surface area contributed by atoms with E-state index in [4.69, 9.17) is 9.47 Å². The highest BCUT2D eigenvalue weighted by molar-refractivity contribution is 5.93. The molecule has 0 atom stereocenters. The lowest BCUT2D eigenvalue weighted by Gasteiger charge is -2.07. The van der Waals surface area contributed by atoms with Crippen LogP contribution in [-0.2, 0) is 6.54 Å². The zero-order chi connectivity index (χ0) is 13.9. The van der Waals surface area contributed by atoms with Crippen LogP contribution in [0.3, 0.4) is 0 Å². The van der Waals surface area contributed by atoms with Gasteiger partial charge in [0.1, 0.15) is 0 Å². The minimum Gasteiger partial charge on any atom is -0.454 e. The Morgan fingerprint density at radius 3 is 3.05 bits per heavy atom. The second kappa shape index (κ2) is 5.08. The summed E-state index contributed by atoms with van der Waals surface area (Å²) in [5.41, 5.74) is 0.840. The molecule has 102 valence electrons. The second-order valence-corrected chi connectivity index (χ2v) is 4.28. The molecule has 0 fully saturated rings. The summed E-state index contributed by atoms with van der Waals surface area (Å²) in [4.78, 5) is 25.5. The first-order chi connectivity index (χ1) is 9.74. The van der Waals surface area contributed by atoms with Gasteiger partial charge in [-0.1, -0.05) is 12.1 Å². The molecule has 3 rings (SSSR count). The van der Waals surface area contributed by atoms with Gasteiger partial charge in [0.15, 0.2) is 11.5 Å². The molecule has 0 saturated carbocycles. The van der Waals surface area contributed by atoms with Crippen molar-refractivity contribution in [2.24, 2.45) is 0 Å². The summed E-state index contributed by atoms with van der Waals surface area (Å²) >= 11 is 0. The normalized spacial score (nSPS) is 12.2. The molecule has 0 aliphatic carbocycles. The maximum Gasteiger partial charge on any atom is 0.251 e. The number of benzene rings is 1. The average Bonchev–Trinajstić information content (AvgIpc) is 2.93. The van der Waals surface area contributed by atoms with E-state index in [0.717, 1.165) is 5.56 Å². The number of hydrogen-bond acceptors (Lipinski definition) is 4. The van der Waals surface area contributed by atoms with E-state index < -0.39 is 0 Å². The standard InChI is InChI=1S/C14H12N2O4/c17-12-6-9(4-5-15-12)14(18)16-7-10-2-1-3-11-13(10)20-8-19-11/h1-6H,7-8H2,(H,15,17)(H,16,18). The van der Waals surface area contributed by atoms with Crippen molar-refractivity contribution in [1.82, 2.24) is 10.3 Å². The first-order valence-corrected chi connectivity index (χ1v) is 6.08. The summed E-state index contributed by atoms with van der Waals surface area (Å²) in [6.45, 7) is 0.493. The van der Waals surface area contributed by atoms with Gasteiger partial charge in [0.25, 0.3) is 5.91 Å². The fraction of sp³-hybridized carbons (Fsp3) is 0.143. The van der Waals surface area contributed by atoms with Crippen molar-refractivity contribution in [1.29, 1.82) is 0 Å². The molecule has 0 saturated heterocycles. The Bertz CT molecular complexity index is 708. The van der Waals surface area contributed by atoms with Crippen LogP contribution in [0.1, 0.15) is 15.9 Å². The van der Waals surface area contributed by atoms with E-state index in [1.807, 2.05) is 18.2 Å². The second-order valence-electron chi connectivity index (χ2n) is 4.28. The van der Waals surface area contributed by atoms with Crippen molar-refractivity contribution in [3.63, 3.8) is 0 Å². The number of pyridine rings is 1. The van der Waals surface area contributed by atoms with Crippen LogP contribution in [0.15, 0.2) is 41.3 Å². The lowest BCUT2D eigenvalue weighted by atomic mass is 10.1. The maximum atomic E-state index is 11.9. The molecule has 6 nitrogen and oxygen atoms in total. The number of aromatic nitrogens is 1. The van der Waals surface area contributed by atoms with Crippen molar-refractivity contribution in [2.45, 2.75) is 6.54 Å². The van der Waals surface area contributed by atoms with E-state index in [-0.39, 0.29) is 18.3 Å². The van der Waals surface area contributed by atoms with E-state index in [9.17, 15) is 9.59 Å². The third kappa shape index (κ3) is 2.35. The minimum atomic E-state index is -0.312. The summed E-state index contributed by atoms with van der Waals surface area (Å²) in [5.74, 6) is 1.01. The van der Waals surface area contributed by atoms with Gasteiger partial charge in [0, 0.05) is 29.9 Å². The molecule has 2 heterocycles. The number of para-hydroxylation sites is 1. The fourth-order valence-electron chi connectivity index (χ4n) is 1.99. The Hall–Kier alpha value is -2.76. The number of carbonyl (C=O) groups excluding carboxylic acids is 1. The highest BCUT2D eigenvalue weighted by Crippen LogP contribution is 2.35. The van der Waals surface area contributed by atoms with E-state index in [0.29, 0.717) is 23.6 Å². The molecule has 0 spiro atoms. The van der Waals surface area contributed by atoms with Gasteiger partial charge < -0.3 is 19.8 Å². The number of fused-ring (bicyclic) bond motifs is 1. The molecule has 6 heteroatoms. The summed E-state index contributed by atoms with van der Waals surface area (Å²) in [5, 5.41) is 2.74. The summed E-state index contributed by atoms with van der Waals surface area (Å²) in [6.07, 6.45) is 1.44. The van der Waals surface area contributed by atoms with Gasteiger partial charge in [-0.2, -0.15) is 0 Å². The minimum absolute atomic E-state index is 0.189. The van der Waals surface area contributed by atoms with Crippen molar-refractivity contribution in [3.8, 4) is 11.5 Å². The van der Waals surface area contributed by atoms with Gasteiger partial charge >= 0.3 is 0 Å². The predicted molar refractivity (Wildman–Crippen MR) is 70.8 cm³/mol. The Balaban J connectivity index is 1.73. The molecular formula is C14H12N2O4. The Morgan fingerprint density at radius 1 is 1.30 bits per heavy atom. The molecule has 0 unspecified atom stereocenters. The quantitative estimate of drug-likeness (QED) is 0.874. The van der Waals surface area contributed by atoms with E-state index >= 15 is 0 Å². The van der Waals surface area contributed by atoms with Gasteiger partial charge in [-0.15, -0.1) is 0 Å². The number of aromatic amines is 1. The Labute approximate surface area is 114 Å². The Kier molecular flexibility index (Phi) is 3.12. The highest BCUT2D eigenvalue weighted by atomic mass is 16.7. The van der Waals surface area contributed by atoms with Crippen LogP contribution in [-0.4, -0.2) is 17.7 Å². The van der Waals surface area contributed by atoms with Gasteiger partial charge in [-0.25, -0.2) is 0 Å². The molecular weight excluding hydrogens is 260 g/mol.